The van der Waals surface area contributed by atoms with E-state index in [1.54, 1.807) is 0 Å². The summed E-state index contributed by atoms with van der Waals surface area (Å²) in [5.74, 6) is 1.85. The summed E-state index contributed by atoms with van der Waals surface area (Å²) in [6.45, 7) is 0. The van der Waals surface area contributed by atoms with Crippen molar-refractivity contribution in [2.24, 2.45) is 0 Å². The normalized spacial score (nSPS) is 11.7. The van der Waals surface area contributed by atoms with Crippen molar-refractivity contribution in [2.45, 2.75) is 0 Å². The summed E-state index contributed by atoms with van der Waals surface area (Å²) < 4.78 is 6.23. The van der Waals surface area contributed by atoms with Crippen LogP contribution in [0.5, 0.6) is 0 Å². The average molecular weight is 626 g/mol. The molecule has 4 heteroatoms. The minimum atomic E-state index is 0.606. The number of hydrogen-bond donors (Lipinski definition) is 0. The van der Waals surface area contributed by atoms with Crippen molar-refractivity contribution in [1.82, 2.24) is 15.0 Å². The van der Waals surface area contributed by atoms with E-state index < -0.39 is 0 Å². The molecule has 8 aromatic carbocycles. The van der Waals surface area contributed by atoms with Crippen LogP contribution in [0.3, 0.4) is 0 Å². The maximum atomic E-state index is 6.23. The maximum Gasteiger partial charge on any atom is 0.164 e. The van der Waals surface area contributed by atoms with Crippen LogP contribution in [-0.2, 0) is 0 Å². The van der Waals surface area contributed by atoms with Crippen LogP contribution >= 0.6 is 0 Å². The van der Waals surface area contributed by atoms with Gasteiger partial charge in [0.1, 0.15) is 11.2 Å². The van der Waals surface area contributed by atoms with Gasteiger partial charge in [0.2, 0.25) is 0 Å². The van der Waals surface area contributed by atoms with E-state index in [-0.39, 0.29) is 0 Å². The molecule has 0 amide bonds. The van der Waals surface area contributed by atoms with Gasteiger partial charge in [0, 0.05) is 27.5 Å². The minimum Gasteiger partial charge on any atom is -0.456 e. The van der Waals surface area contributed by atoms with E-state index in [9.17, 15) is 0 Å². The maximum absolute atomic E-state index is 6.23. The van der Waals surface area contributed by atoms with E-state index in [4.69, 9.17) is 19.4 Å². The number of benzene rings is 8. The molecule has 4 nitrogen and oxygen atoms in total. The lowest BCUT2D eigenvalue weighted by atomic mass is 9.90. The highest BCUT2D eigenvalue weighted by molar-refractivity contribution is 6.16. The molecular formula is C45H27N3O. The summed E-state index contributed by atoms with van der Waals surface area (Å²) in [5, 5.41) is 9.30. The highest BCUT2D eigenvalue weighted by Gasteiger charge is 2.18. The van der Waals surface area contributed by atoms with Gasteiger partial charge in [-0.05, 0) is 67.7 Å². The molecule has 228 valence electrons. The zero-order chi connectivity index (χ0) is 32.3. The SMILES string of the molecule is c1ccc(-c2nc(-c3ccc4cccc(-c5cc6ccccc6c6ccccc56)c4c3)nc(-c3cccc4oc5ccccc5c34)n2)cc1. The second kappa shape index (κ2) is 11.0. The summed E-state index contributed by atoms with van der Waals surface area (Å²) >= 11 is 0. The number of nitrogens with zero attached hydrogens (tertiary/aromatic N) is 3. The van der Waals surface area contributed by atoms with E-state index in [0.717, 1.165) is 49.4 Å². The lowest BCUT2D eigenvalue weighted by Crippen LogP contribution is -2.00. The molecule has 2 heterocycles. The van der Waals surface area contributed by atoms with Crippen LogP contribution in [0.25, 0.3) is 99.5 Å². The molecule has 10 rings (SSSR count). The average Bonchev–Trinajstić information content (AvgIpc) is 3.56. The Labute approximate surface area is 282 Å². The van der Waals surface area contributed by atoms with Gasteiger partial charge in [-0.1, -0.05) is 140 Å². The zero-order valence-corrected chi connectivity index (χ0v) is 26.3. The number of rotatable bonds is 4. The van der Waals surface area contributed by atoms with Crippen LogP contribution in [0.4, 0.5) is 0 Å². The number of furan rings is 1. The summed E-state index contributed by atoms with van der Waals surface area (Å²) in [6, 6.07) is 57.0. The van der Waals surface area contributed by atoms with E-state index in [1.165, 1.54) is 32.7 Å². The van der Waals surface area contributed by atoms with Gasteiger partial charge in [0.15, 0.2) is 17.5 Å². The molecule has 0 aliphatic rings. The lowest BCUT2D eigenvalue weighted by Gasteiger charge is -2.14. The van der Waals surface area contributed by atoms with Crippen LogP contribution < -0.4 is 0 Å². The van der Waals surface area contributed by atoms with Gasteiger partial charge in [-0.15, -0.1) is 0 Å². The zero-order valence-electron chi connectivity index (χ0n) is 26.3. The summed E-state index contributed by atoms with van der Waals surface area (Å²) in [4.78, 5) is 15.3. The third-order valence-electron chi connectivity index (χ3n) is 9.51. The smallest absolute Gasteiger partial charge is 0.164 e. The van der Waals surface area contributed by atoms with Gasteiger partial charge >= 0.3 is 0 Å². The molecule has 0 radical (unpaired) electrons. The third-order valence-corrected chi connectivity index (χ3v) is 9.51. The highest BCUT2D eigenvalue weighted by atomic mass is 16.3. The van der Waals surface area contributed by atoms with E-state index in [2.05, 4.69) is 103 Å². The van der Waals surface area contributed by atoms with Crippen molar-refractivity contribution in [3.63, 3.8) is 0 Å². The Morgan fingerprint density at radius 1 is 0.327 bits per heavy atom. The number of para-hydroxylation sites is 1. The summed E-state index contributed by atoms with van der Waals surface area (Å²) in [7, 11) is 0. The summed E-state index contributed by atoms with van der Waals surface area (Å²) in [6.07, 6.45) is 0. The number of hydrogen-bond acceptors (Lipinski definition) is 4. The Balaban J connectivity index is 1.22. The second-order valence-electron chi connectivity index (χ2n) is 12.4. The van der Waals surface area contributed by atoms with Crippen molar-refractivity contribution in [1.29, 1.82) is 0 Å². The molecule has 0 atom stereocenters. The number of aromatic nitrogens is 3. The first kappa shape index (κ1) is 27.5. The molecule has 0 spiro atoms. The molecular weight excluding hydrogens is 599 g/mol. The monoisotopic (exact) mass is 625 g/mol. The minimum absolute atomic E-state index is 0.606. The van der Waals surface area contributed by atoms with Gasteiger partial charge in [-0.3, -0.25) is 0 Å². The van der Waals surface area contributed by atoms with Crippen molar-refractivity contribution in [3.8, 4) is 45.3 Å². The van der Waals surface area contributed by atoms with Gasteiger partial charge in [0.05, 0.1) is 0 Å². The first-order chi connectivity index (χ1) is 24.3. The highest BCUT2D eigenvalue weighted by Crippen LogP contribution is 2.40. The Morgan fingerprint density at radius 3 is 1.84 bits per heavy atom. The molecule has 0 aliphatic carbocycles. The fourth-order valence-electron chi connectivity index (χ4n) is 7.23. The molecule has 0 unspecified atom stereocenters. The quantitative estimate of drug-likeness (QED) is 0.183. The molecule has 49 heavy (non-hydrogen) atoms. The first-order valence-electron chi connectivity index (χ1n) is 16.4. The molecule has 0 fully saturated rings. The van der Waals surface area contributed by atoms with Crippen LogP contribution in [-0.4, -0.2) is 15.0 Å². The predicted molar refractivity (Wildman–Crippen MR) is 201 cm³/mol. The van der Waals surface area contributed by atoms with Crippen molar-refractivity contribution >= 4 is 54.3 Å². The molecule has 0 N–H and O–H groups in total. The van der Waals surface area contributed by atoms with Crippen molar-refractivity contribution < 1.29 is 4.42 Å². The predicted octanol–water partition coefficient (Wildman–Crippen LogP) is 11.9. The molecule has 2 aromatic heterocycles. The van der Waals surface area contributed by atoms with Crippen molar-refractivity contribution in [2.75, 3.05) is 0 Å². The topological polar surface area (TPSA) is 51.8 Å². The molecule has 10 aromatic rings. The molecule has 0 saturated heterocycles. The fraction of sp³-hybridized carbons (Fsp3) is 0. The first-order valence-corrected chi connectivity index (χ1v) is 16.4. The Kier molecular flexibility index (Phi) is 6.15. The van der Waals surface area contributed by atoms with E-state index >= 15 is 0 Å². The molecule has 0 bridgehead atoms. The van der Waals surface area contributed by atoms with E-state index in [1.807, 2.05) is 60.7 Å². The van der Waals surface area contributed by atoms with Gasteiger partial charge < -0.3 is 4.42 Å². The van der Waals surface area contributed by atoms with Crippen LogP contribution in [0.1, 0.15) is 0 Å². The Morgan fingerprint density at radius 2 is 0.959 bits per heavy atom. The second-order valence-corrected chi connectivity index (χ2v) is 12.4. The number of fused-ring (bicyclic) bond motifs is 7. The Bertz CT molecular complexity index is 2890. The largest absolute Gasteiger partial charge is 0.456 e. The van der Waals surface area contributed by atoms with Crippen LogP contribution in [0.2, 0.25) is 0 Å². The van der Waals surface area contributed by atoms with E-state index in [0.29, 0.717) is 17.5 Å². The molecule has 0 aliphatic heterocycles. The molecule has 0 saturated carbocycles. The van der Waals surface area contributed by atoms with Crippen LogP contribution in [0.15, 0.2) is 168 Å². The third kappa shape index (κ3) is 4.49. The Hall–Kier alpha value is -6.65. The lowest BCUT2D eigenvalue weighted by molar-refractivity contribution is 0.669. The summed E-state index contributed by atoms with van der Waals surface area (Å²) in [5.41, 5.74) is 6.79. The van der Waals surface area contributed by atoms with Gasteiger partial charge in [-0.2, -0.15) is 0 Å². The van der Waals surface area contributed by atoms with Gasteiger partial charge in [-0.25, -0.2) is 15.0 Å². The fourth-order valence-corrected chi connectivity index (χ4v) is 7.23. The van der Waals surface area contributed by atoms with Crippen molar-refractivity contribution in [3.05, 3.63) is 164 Å². The van der Waals surface area contributed by atoms with Crippen LogP contribution in [0, 0.1) is 0 Å². The standard InChI is InChI=1S/C45H27N3O/c1-2-12-29(13-3-1)43-46-44(48-45(47-43)37-21-11-23-41-42(37)36-19-8-9-22-40(36)49-41)31-25-24-28-15-10-20-35(38(28)27-31)39-26-30-14-4-5-16-32(30)33-17-6-7-18-34(33)39/h1-27H. The van der Waals surface area contributed by atoms with Gasteiger partial charge in [0.25, 0.3) is 0 Å².